The van der Waals surface area contributed by atoms with Gasteiger partial charge in [-0.3, -0.25) is 48.9 Å². The maximum atomic E-state index is 13.8. The number of Topliss-reactive ketones (excluding diaryl/α,β-unsaturated/α-hetero) is 1. The highest BCUT2D eigenvalue weighted by molar-refractivity contribution is 6.34. The number of ether oxygens (including phenoxy) is 2. The van der Waals surface area contributed by atoms with Crippen LogP contribution >= 0.6 is 0 Å². The Bertz CT molecular complexity index is 2540. The number of nitrogens with one attached hydrogen (secondary N) is 1. The van der Waals surface area contributed by atoms with Crippen LogP contribution < -0.4 is 5.73 Å². The lowest BCUT2D eigenvalue weighted by Gasteiger charge is -2.33. The van der Waals surface area contributed by atoms with Crippen LogP contribution in [-0.4, -0.2) is 114 Å². The third kappa shape index (κ3) is 7.63. The number of ketones is 1. The van der Waals surface area contributed by atoms with Crippen molar-refractivity contribution in [2.45, 2.75) is 71.6 Å². The van der Waals surface area contributed by atoms with Gasteiger partial charge in [-0.1, -0.05) is 39.5 Å². The lowest BCUT2D eigenvalue weighted by atomic mass is 9.80. The fourth-order valence-electron chi connectivity index (χ4n) is 9.46. The van der Waals surface area contributed by atoms with Crippen LogP contribution in [-0.2, 0) is 9.47 Å². The fourth-order valence-corrected chi connectivity index (χ4v) is 9.46. The SMILES string of the molecule is CCCCC(CC)CN1C(=N)c2ccc3c4c(ccc(c24)C1=O)C(=O)C(CCCOCCOCCN1C(=O)c2ccc4c5c(ccc(c25)C1=O)C(=O)N(CCCCCN)C4=O)=C3O. The number of nitrogens with two attached hydrogens (primary N) is 1. The molecular formula is C49H53N5O9. The van der Waals surface area contributed by atoms with Crippen LogP contribution in [0.3, 0.4) is 0 Å². The van der Waals surface area contributed by atoms with Gasteiger partial charge in [0.2, 0.25) is 0 Å². The standard InChI is InChI=1S/C49H53N5O9/c1-3-5-10-28(4-2)27-54-44(51)31-14-12-29-38-30(13-15-32(39(31)38)49(54)61)43(56)37(42(29)55)11-9-23-62-25-26-63-24-22-53-47(59)35-18-16-33-40-34(17-19-36(41(35)40)48(53)60)46(58)52(45(33)57)21-8-6-7-20-50/h12-19,28,51,55H,3-11,20-27,50H2,1-2H3. The number of hydrogen-bond acceptors (Lipinski definition) is 11. The van der Waals surface area contributed by atoms with Crippen molar-refractivity contribution in [3.63, 3.8) is 0 Å². The van der Waals surface area contributed by atoms with Crippen molar-refractivity contribution in [3.05, 3.63) is 98.6 Å². The van der Waals surface area contributed by atoms with Crippen molar-refractivity contribution < 1.29 is 43.3 Å². The Morgan fingerprint density at radius 2 is 1.06 bits per heavy atom. The molecule has 4 N–H and O–H groups in total. The van der Waals surface area contributed by atoms with Gasteiger partial charge in [0.25, 0.3) is 29.5 Å². The number of carbonyl (C=O) groups is 6. The number of rotatable bonds is 21. The lowest BCUT2D eigenvalue weighted by molar-refractivity contribution is 0.0333. The molecule has 1 aliphatic carbocycles. The van der Waals surface area contributed by atoms with Gasteiger partial charge >= 0.3 is 0 Å². The number of aliphatic hydroxyl groups is 1. The normalized spacial score (nSPS) is 16.2. The van der Waals surface area contributed by atoms with Crippen LogP contribution in [0.15, 0.2) is 54.1 Å². The summed E-state index contributed by atoms with van der Waals surface area (Å²) in [6.45, 7) is 6.20. The van der Waals surface area contributed by atoms with Gasteiger partial charge in [0.1, 0.15) is 11.6 Å². The minimum absolute atomic E-state index is 0.0186. The molecule has 328 valence electrons. The number of nitrogens with zero attached hydrogens (tertiary/aromatic N) is 3. The predicted molar refractivity (Wildman–Crippen MR) is 237 cm³/mol. The molecule has 1 unspecified atom stereocenters. The summed E-state index contributed by atoms with van der Waals surface area (Å²) in [6.07, 6.45) is 6.90. The third-order valence-electron chi connectivity index (χ3n) is 12.9. The molecule has 1 atom stereocenters. The van der Waals surface area contributed by atoms with Crippen LogP contribution in [0, 0.1) is 11.3 Å². The summed E-state index contributed by atoms with van der Waals surface area (Å²) in [4.78, 5) is 85.6. The van der Waals surface area contributed by atoms with Crippen molar-refractivity contribution in [1.29, 1.82) is 5.41 Å². The molecule has 4 aromatic rings. The first-order valence-electron chi connectivity index (χ1n) is 22.2. The molecule has 0 saturated heterocycles. The molecule has 0 radical (unpaired) electrons. The number of unbranched alkanes of at least 4 members (excludes halogenated alkanes) is 3. The minimum atomic E-state index is -0.532. The van der Waals surface area contributed by atoms with Gasteiger partial charge in [-0.05, 0) is 93.1 Å². The zero-order chi connectivity index (χ0) is 44.5. The number of amidine groups is 1. The number of imide groups is 2. The van der Waals surface area contributed by atoms with Crippen molar-refractivity contribution in [2.75, 3.05) is 52.6 Å². The van der Waals surface area contributed by atoms with Crippen LogP contribution in [0.25, 0.3) is 27.3 Å². The van der Waals surface area contributed by atoms with Crippen LogP contribution in [0.4, 0.5) is 0 Å². The highest BCUT2D eigenvalue weighted by atomic mass is 16.5. The van der Waals surface area contributed by atoms with Gasteiger partial charge in [0.15, 0.2) is 5.78 Å². The Morgan fingerprint density at radius 1 is 0.571 bits per heavy atom. The van der Waals surface area contributed by atoms with E-state index in [9.17, 15) is 33.9 Å². The molecule has 0 bridgehead atoms. The van der Waals surface area contributed by atoms with E-state index in [0.29, 0.717) is 69.7 Å². The summed E-state index contributed by atoms with van der Waals surface area (Å²) in [6, 6.07) is 13.0. The first-order chi connectivity index (χ1) is 30.5. The first kappa shape index (κ1) is 43.6. The Labute approximate surface area is 365 Å². The topological polar surface area (TPSA) is 201 Å². The van der Waals surface area contributed by atoms with E-state index in [4.69, 9.17) is 20.6 Å². The van der Waals surface area contributed by atoms with E-state index in [1.54, 1.807) is 53.4 Å². The second kappa shape index (κ2) is 18.3. The van der Waals surface area contributed by atoms with Crippen LogP contribution in [0.1, 0.15) is 145 Å². The van der Waals surface area contributed by atoms with Gasteiger partial charge in [0.05, 0.1) is 26.4 Å². The van der Waals surface area contributed by atoms with Gasteiger partial charge in [-0.15, -0.1) is 0 Å². The van der Waals surface area contributed by atoms with Crippen molar-refractivity contribution in [3.8, 4) is 0 Å². The Hall–Kier alpha value is -6.09. The average Bonchev–Trinajstić information content (AvgIpc) is 3.29. The predicted octanol–water partition coefficient (Wildman–Crippen LogP) is 7.29. The van der Waals surface area contributed by atoms with Gasteiger partial charge < -0.3 is 20.3 Å². The smallest absolute Gasteiger partial charge is 0.261 e. The van der Waals surface area contributed by atoms with E-state index in [0.717, 1.165) is 43.4 Å². The minimum Gasteiger partial charge on any atom is -0.507 e. The maximum Gasteiger partial charge on any atom is 0.261 e. The lowest BCUT2D eigenvalue weighted by Crippen LogP contribution is -2.44. The Kier molecular flexibility index (Phi) is 12.7. The average molecular weight is 856 g/mol. The molecule has 4 aliphatic rings. The summed E-state index contributed by atoms with van der Waals surface area (Å²) < 4.78 is 11.5. The summed E-state index contributed by atoms with van der Waals surface area (Å²) in [5.74, 6) is -2.27. The molecule has 5 amide bonds. The summed E-state index contributed by atoms with van der Waals surface area (Å²) in [7, 11) is 0. The van der Waals surface area contributed by atoms with E-state index in [1.165, 1.54) is 4.90 Å². The fraction of sp³-hybridized carbons (Fsp3) is 0.408. The molecule has 3 heterocycles. The number of carbonyl (C=O) groups excluding carboxylic acids is 6. The van der Waals surface area contributed by atoms with E-state index in [-0.39, 0.29) is 103 Å². The second-order valence-corrected chi connectivity index (χ2v) is 16.7. The van der Waals surface area contributed by atoms with Crippen molar-refractivity contribution in [1.82, 2.24) is 14.7 Å². The zero-order valence-electron chi connectivity index (χ0n) is 35.8. The van der Waals surface area contributed by atoms with Gasteiger partial charge in [-0.25, -0.2) is 0 Å². The molecule has 0 fully saturated rings. The summed E-state index contributed by atoms with van der Waals surface area (Å²) >= 11 is 0. The van der Waals surface area contributed by atoms with E-state index in [2.05, 4.69) is 13.8 Å². The monoisotopic (exact) mass is 855 g/mol. The number of aliphatic hydroxyl groups excluding tert-OH is 1. The molecule has 0 aromatic heterocycles. The van der Waals surface area contributed by atoms with Crippen molar-refractivity contribution in [2.24, 2.45) is 11.7 Å². The number of amides is 5. The molecule has 3 aliphatic heterocycles. The third-order valence-corrected chi connectivity index (χ3v) is 12.9. The summed E-state index contributed by atoms with van der Waals surface area (Å²) in [5, 5.41) is 22.1. The highest BCUT2D eigenvalue weighted by Crippen LogP contribution is 2.42. The van der Waals surface area contributed by atoms with Gasteiger partial charge in [0, 0.05) is 91.3 Å². The Balaban J connectivity index is 0.834. The number of hydrogen-bond donors (Lipinski definition) is 3. The van der Waals surface area contributed by atoms with Crippen LogP contribution in [0.5, 0.6) is 0 Å². The molecule has 14 heteroatoms. The van der Waals surface area contributed by atoms with E-state index in [1.807, 2.05) is 0 Å². The molecule has 63 heavy (non-hydrogen) atoms. The maximum absolute atomic E-state index is 13.8. The van der Waals surface area contributed by atoms with Crippen LogP contribution in [0.2, 0.25) is 0 Å². The molecule has 4 aromatic carbocycles. The molecule has 0 saturated carbocycles. The van der Waals surface area contributed by atoms with E-state index >= 15 is 0 Å². The Morgan fingerprint density at radius 3 is 1.63 bits per heavy atom. The number of allylic oxidation sites excluding steroid dienone is 1. The molecule has 8 rings (SSSR count). The summed E-state index contributed by atoms with van der Waals surface area (Å²) in [5.41, 5.74) is 8.78. The first-order valence-corrected chi connectivity index (χ1v) is 22.2. The van der Waals surface area contributed by atoms with Gasteiger partial charge in [-0.2, -0.15) is 0 Å². The quantitative estimate of drug-likeness (QED) is 0.0565. The number of benzene rings is 4. The van der Waals surface area contributed by atoms with Crippen molar-refractivity contribution >= 4 is 68.5 Å². The zero-order valence-corrected chi connectivity index (χ0v) is 35.8. The largest absolute Gasteiger partial charge is 0.507 e. The highest BCUT2D eigenvalue weighted by Gasteiger charge is 2.40. The molecular weight excluding hydrogens is 803 g/mol. The van der Waals surface area contributed by atoms with E-state index < -0.39 is 23.6 Å². The molecule has 14 nitrogen and oxygen atoms in total. The molecule has 0 spiro atoms. The second-order valence-electron chi connectivity index (χ2n) is 16.7.